The first kappa shape index (κ1) is 23.9. The van der Waals surface area contributed by atoms with Crippen molar-refractivity contribution < 1.29 is 56.6 Å². The number of allylic oxidation sites excluding steroid dienone is 1. The number of aliphatic hydroxyl groups excluding tert-OH is 1. The minimum Gasteiger partial charge on any atom is -0.726 e. The second kappa shape index (κ2) is 8.30. The number of fused-ring (bicyclic) bond motifs is 5. The molecule has 29 heavy (non-hydrogen) atoms. The molecule has 0 unspecified atom stereocenters. The Hall–Kier alpha value is 0.240. The number of Topliss-reactive ketones (excluding diaryl/α,β-unsaturated/α-hetero) is 1. The van der Waals surface area contributed by atoms with E-state index in [-0.39, 0.29) is 58.7 Å². The predicted molar refractivity (Wildman–Crippen MR) is 102 cm³/mol. The van der Waals surface area contributed by atoms with Crippen molar-refractivity contribution in [1.82, 2.24) is 0 Å². The Kier molecular flexibility index (Phi) is 6.84. The molecular weight excluding hydrogens is 403 g/mol. The smallest absolute Gasteiger partial charge is 0.726 e. The van der Waals surface area contributed by atoms with Crippen LogP contribution in [0.1, 0.15) is 65.2 Å². The first-order chi connectivity index (χ1) is 13.1. The average molecular weight is 435 g/mol. The zero-order chi connectivity index (χ0) is 20.3. The molecule has 0 bridgehead atoms. The molecule has 158 valence electrons. The molecule has 0 amide bonds. The second-order valence-corrected chi connectivity index (χ2v) is 10.9. The van der Waals surface area contributed by atoms with Gasteiger partial charge in [-0.1, -0.05) is 25.5 Å². The third-order valence-electron chi connectivity index (χ3n) is 8.86. The molecule has 4 rings (SSSR count). The summed E-state index contributed by atoms with van der Waals surface area (Å²) >= 11 is 0. The van der Waals surface area contributed by atoms with Crippen molar-refractivity contribution in [2.75, 3.05) is 6.61 Å². The van der Waals surface area contributed by atoms with Crippen LogP contribution in [-0.4, -0.2) is 36.6 Å². The Balaban J connectivity index is 0.00000240. The van der Waals surface area contributed by atoms with E-state index in [2.05, 4.69) is 19.9 Å². The molecule has 0 aromatic rings. The van der Waals surface area contributed by atoms with E-state index in [1.54, 1.807) is 0 Å². The van der Waals surface area contributed by atoms with Crippen LogP contribution in [0.25, 0.3) is 0 Å². The quantitative estimate of drug-likeness (QED) is 0.289. The van der Waals surface area contributed by atoms with Gasteiger partial charge < -0.3 is 9.66 Å². The molecule has 6 nitrogen and oxygen atoms in total. The molecule has 0 aliphatic heterocycles. The second-order valence-electron chi connectivity index (χ2n) is 9.93. The van der Waals surface area contributed by atoms with Gasteiger partial charge in [0.25, 0.3) is 0 Å². The molecule has 0 spiro atoms. The van der Waals surface area contributed by atoms with Gasteiger partial charge in [-0.3, -0.25) is 8.98 Å². The van der Waals surface area contributed by atoms with Crippen LogP contribution >= 0.6 is 0 Å². The molecule has 7 atom stereocenters. The summed E-state index contributed by atoms with van der Waals surface area (Å²) in [5, 5.41) is 9.40. The van der Waals surface area contributed by atoms with Gasteiger partial charge in [0.15, 0.2) is 5.78 Å². The molecule has 0 radical (unpaired) electrons. The number of hydrogen-bond donors (Lipinski definition) is 1. The molecule has 3 saturated carbocycles. The van der Waals surface area contributed by atoms with Crippen molar-refractivity contribution in [1.29, 1.82) is 0 Å². The van der Waals surface area contributed by atoms with Crippen LogP contribution in [0.2, 0.25) is 0 Å². The summed E-state index contributed by atoms with van der Waals surface area (Å²) in [5.41, 5.74) is 1.26. The fourth-order valence-corrected chi connectivity index (χ4v) is 8.01. The maximum absolute atomic E-state index is 12.3. The Morgan fingerprint density at radius 1 is 1.21 bits per heavy atom. The van der Waals surface area contributed by atoms with Gasteiger partial charge in [0, 0.05) is 5.92 Å². The molecule has 3 fully saturated rings. The summed E-state index contributed by atoms with van der Waals surface area (Å²) in [6.45, 7) is 4.20. The number of rotatable bonds is 4. The Labute approximate surface area is 196 Å². The predicted octanol–water partition coefficient (Wildman–Crippen LogP) is -0.0238. The topological polar surface area (TPSA) is 104 Å². The zero-order valence-electron chi connectivity index (χ0n) is 17.7. The van der Waals surface area contributed by atoms with Crippen LogP contribution in [0.5, 0.6) is 0 Å². The van der Waals surface area contributed by atoms with Crippen LogP contribution in [0.4, 0.5) is 0 Å². The Morgan fingerprint density at radius 2 is 1.93 bits per heavy atom. The van der Waals surface area contributed by atoms with Gasteiger partial charge in [-0.05, 0) is 80.0 Å². The van der Waals surface area contributed by atoms with Gasteiger partial charge >= 0.3 is 29.6 Å². The summed E-state index contributed by atoms with van der Waals surface area (Å²) < 4.78 is 37.7. The van der Waals surface area contributed by atoms with E-state index < -0.39 is 16.5 Å². The van der Waals surface area contributed by atoms with E-state index in [0.29, 0.717) is 30.6 Å². The fraction of sp³-hybridized carbons (Fsp3) is 0.857. The fourth-order valence-electron chi connectivity index (χ4n) is 7.52. The molecule has 4 aliphatic rings. The summed E-state index contributed by atoms with van der Waals surface area (Å²) in [6, 6.07) is 0. The van der Waals surface area contributed by atoms with Crippen molar-refractivity contribution >= 4 is 16.2 Å². The van der Waals surface area contributed by atoms with Crippen molar-refractivity contribution in [2.45, 2.75) is 71.3 Å². The monoisotopic (exact) mass is 434 g/mol. The molecule has 1 N–H and O–H groups in total. The minimum atomic E-state index is -4.67. The van der Waals surface area contributed by atoms with Crippen LogP contribution in [0.3, 0.4) is 0 Å². The summed E-state index contributed by atoms with van der Waals surface area (Å²) in [7, 11) is -4.67. The molecule has 8 heteroatoms. The molecule has 0 saturated heterocycles. The number of carbonyl (C=O) groups is 1. The number of hydrogen-bond acceptors (Lipinski definition) is 6. The van der Waals surface area contributed by atoms with E-state index in [1.807, 2.05) is 0 Å². The van der Waals surface area contributed by atoms with Gasteiger partial charge in [0.05, 0.1) is 6.10 Å². The summed E-state index contributed by atoms with van der Waals surface area (Å²) in [4.78, 5) is 12.3. The van der Waals surface area contributed by atoms with E-state index in [4.69, 9.17) is 4.18 Å². The minimum absolute atomic E-state index is 0. The van der Waals surface area contributed by atoms with Gasteiger partial charge in [0.1, 0.15) is 6.61 Å². The molecule has 4 aliphatic carbocycles. The zero-order valence-corrected chi connectivity index (χ0v) is 20.5. The van der Waals surface area contributed by atoms with Gasteiger partial charge in [0.2, 0.25) is 10.4 Å². The van der Waals surface area contributed by atoms with Crippen LogP contribution < -0.4 is 29.6 Å². The summed E-state index contributed by atoms with van der Waals surface area (Å²) in [6.07, 6.45) is 8.63. The van der Waals surface area contributed by atoms with Crippen LogP contribution in [0, 0.1) is 34.5 Å². The van der Waals surface area contributed by atoms with Gasteiger partial charge in [-0.25, -0.2) is 8.42 Å². The molecule has 0 aromatic carbocycles. The number of ketones is 1. The van der Waals surface area contributed by atoms with Crippen molar-refractivity contribution in [3.05, 3.63) is 11.6 Å². The summed E-state index contributed by atoms with van der Waals surface area (Å²) in [5.74, 6) is 1.53. The SMILES string of the molecule is C[C@]12CC[C@H]3[C@@H](CC=C4C[C@@H](OS(=O)(=O)[O-])CC[C@@]43C)[C@@H]1CC[C@@H]2C(=O)CO.[Na+]. The van der Waals surface area contributed by atoms with E-state index in [0.717, 1.165) is 38.5 Å². The molecular formula is C21H31NaO6S. The maximum atomic E-state index is 12.3. The Bertz CT molecular complexity index is 795. The van der Waals surface area contributed by atoms with Crippen molar-refractivity contribution in [2.24, 2.45) is 34.5 Å². The largest absolute Gasteiger partial charge is 1.00 e. The first-order valence-electron chi connectivity index (χ1n) is 10.6. The molecule has 0 aromatic heterocycles. The van der Waals surface area contributed by atoms with Crippen LogP contribution in [0.15, 0.2) is 11.6 Å². The number of carbonyl (C=O) groups excluding carboxylic acids is 1. The first-order valence-corrected chi connectivity index (χ1v) is 11.9. The van der Waals surface area contributed by atoms with Gasteiger partial charge in [-0.2, -0.15) is 0 Å². The molecule has 0 heterocycles. The van der Waals surface area contributed by atoms with Crippen LogP contribution in [-0.2, 0) is 19.4 Å². The Morgan fingerprint density at radius 3 is 2.59 bits per heavy atom. The van der Waals surface area contributed by atoms with E-state index in [1.165, 1.54) is 5.57 Å². The van der Waals surface area contributed by atoms with Crippen molar-refractivity contribution in [3.63, 3.8) is 0 Å². The average Bonchev–Trinajstić information content (AvgIpc) is 2.97. The normalized spacial score (nSPS) is 44.0. The third kappa shape index (κ3) is 4.06. The number of aliphatic hydroxyl groups is 1. The van der Waals surface area contributed by atoms with Gasteiger partial charge in [-0.15, -0.1) is 0 Å². The standard InChI is InChI=1S/C21H32O6S.Na/c1-20-9-7-14(27-28(24,25)26)11-13(20)3-4-15-16-5-6-18(19(23)12-22)21(16,2)10-8-17(15)20;/h3,14-18,22H,4-12H2,1-2H3,(H,24,25,26);/q;+1/p-1/t14-,15-,16-,17-,18+,20-,21-;/m0./s1. The maximum Gasteiger partial charge on any atom is 1.00 e. The van der Waals surface area contributed by atoms with Crippen molar-refractivity contribution in [3.8, 4) is 0 Å². The third-order valence-corrected chi connectivity index (χ3v) is 9.37. The van der Waals surface area contributed by atoms with E-state index in [9.17, 15) is 22.9 Å². The van der Waals surface area contributed by atoms with E-state index >= 15 is 0 Å².